The Hall–Kier alpha value is -1.02. The molecule has 0 nitrogen and oxygen atoms in total. The molecule has 5 heteroatoms. The van der Waals surface area contributed by atoms with Crippen molar-refractivity contribution in [3.63, 3.8) is 0 Å². The van der Waals surface area contributed by atoms with Crippen LogP contribution in [-0.2, 0) is 0 Å². The third kappa shape index (κ3) is 3.38. The molecule has 1 aromatic rings. The Balaban J connectivity index is 3.02. The Morgan fingerprint density at radius 2 is 1.86 bits per heavy atom. The van der Waals surface area contributed by atoms with Crippen LogP contribution in [0.1, 0.15) is 5.56 Å². The molecule has 0 saturated heterocycles. The second-order valence-electron chi connectivity index (χ2n) is 2.37. The van der Waals surface area contributed by atoms with E-state index in [9.17, 15) is 17.6 Å². The number of alkyl halides is 3. The molecule has 0 aliphatic carbocycles. The van der Waals surface area contributed by atoms with Crippen molar-refractivity contribution in [2.75, 3.05) is 0 Å². The molecule has 0 aromatic heterocycles. The lowest BCUT2D eigenvalue weighted by Crippen LogP contribution is -2.01. The molecule has 1 aromatic carbocycles. The molecule has 0 amide bonds. The lowest BCUT2D eigenvalue weighted by Gasteiger charge is -1.96. The van der Waals surface area contributed by atoms with Crippen molar-refractivity contribution in [3.05, 3.63) is 34.1 Å². The normalized spacial score (nSPS) is 10.6. The average Bonchev–Trinajstić information content (AvgIpc) is 2.00. The van der Waals surface area contributed by atoms with E-state index in [1.54, 1.807) is 5.92 Å². The summed E-state index contributed by atoms with van der Waals surface area (Å²) in [5.74, 6) is 1.92. The molecule has 14 heavy (non-hydrogen) atoms. The fourth-order valence-electron chi connectivity index (χ4n) is 0.729. The van der Waals surface area contributed by atoms with Crippen LogP contribution in [0, 0.1) is 17.7 Å². The molecule has 0 bridgehead atoms. The van der Waals surface area contributed by atoms with Crippen molar-refractivity contribution in [2.24, 2.45) is 0 Å². The Bertz CT molecular complexity index is 397. The van der Waals surface area contributed by atoms with Gasteiger partial charge in [-0.1, -0.05) is 21.9 Å². The van der Waals surface area contributed by atoms with Gasteiger partial charge >= 0.3 is 6.18 Å². The van der Waals surface area contributed by atoms with Crippen LogP contribution in [0.5, 0.6) is 0 Å². The molecule has 0 radical (unpaired) electrons. The molecule has 0 aliphatic heterocycles. The van der Waals surface area contributed by atoms with Crippen molar-refractivity contribution in [2.45, 2.75) is 6.18 Å². The van der Waals surface area contributed by atoms with E-state index in [-0.39, 0.29) is 5.56 Å². The van der Waals surface area contributed by atoms with Crippen molar-refractivity contribution in [1.29, 1.82) is 0 Å². The summed E-state index contributed by atoms with van der Waals surface area (Å²) in [6.07, 6.45) is -4.60. The van der Waals surface area contributed by atoms with Crippen LogP contribution in [-0.4, -0.2) is 6.18 Å². The first-order chi connectivity index (χ1) is 6.38. The lowest BCUT2D eigenvalue weighted by molar-refractivity contribution is -0.0696. The minimum atomic E-state index is -4.60. The highest BCUT2D eigenvalue weighted by Crippen LogP contribution is 2.16. The van der Waals surface area contributed by atoms with E-state index >= 15 is 0 Å². The van der Waals surface area contributed by atoms with Gasteiger partial charge in [-0.2, -0.15) is 13.2 Å². The molecule has 0 fully saturated rings. The zero-order valence-corrected chi connectivity index (χ0v) is 8.21. The molecular weight excluding hydrogens is 264 g/mol. The van der Waals surface area contributed by atoms with Crippen LogP contribution in [0.15, 0.2) is 22.7 Å². The lowest BCUT2D eigenvalue weighted by atomic mass is 10.2. The number of halogens is 5. The van der Waals surface area contributed by atoms with E-state index in [1.165, 1.54) is 12.1 Å². The van der Waals surface area contributed by atoms with Crippen molar-refractivity contribution >= 4 is 15.9 Å². The van der Waals surface area contributed by atoms with E-state index in [2.05, 4.69) is 15.9 Å². The van der Waals surface area contributed by atoms with Gasteiger partial charge in [0.25, 0.3) is 0 Å². The second-order valence-corrected chi connectivity index (χ2v) is 3.29. The van der Waals surface area contributed by atoms with Crippen LogP contribution < -0.4 is 0 Å². The van der Waals surface area contributed by atoms with E-state index in [0.717, 1.165) is 12.0 Å². The molecule has 74 valence electrons. The van der Waals surface area contributed by atoms with Gasteiger partial charge in [0.15, 0.2) is 0 Å². The molecule has 0 N–H and O–H groups in total. The zero-order valence-electron chi connectivity index (χ0n) is 6.62. The van der Waals surface area contributed by atoms with Gasteiger partial charge in [0.2, 0.25) is 0 Å². The van der Waals surface area contributed by atoms with Gasteiger partial charge in [-0.15, -0.1) is 0 Å². The van der Waals surface area contributed by atoms with Crippen molar-refractivity contribution in [1.82, 2.24) is 0 Å². The maximum absolute atomic E-state index is 12.9. The van der Waals surface area contributed by atoms with Gasteiger partial charge < -0.3 is 0 Å². The topological polar surface area (TPSA) is 0 Å². The SMILES string of the molecule is Fc1cc(Br)ccc1C#CC(F)(F)F. The van der Waals surface area contributed by atoms with Crippen LogP contribution in [0.3, 0.4) is 0 Å². The molecule has 0 aliphatic rings. The first kappa shape index (κ1) is 11.1. The third-order valence-corrected chi connectivity index (χ3v) is 1.76. The van der Waals surface area contributed by atoms with Gasteiger partial charge in [-0.05, 0) is 18.2 Å². The fourth-order valence-corrected chi connectivity index (χ4v) is 1.06. The number of hydrogen-bond donors (Lipinski definition) is 0. The molecule has 0 saturated carbocycles. The summed E-state index contributed by atoms with van der Waals surface area (Å²) in [6.45, 7) is 0. The van der Waals surface area contributed by atoms with Crippen molar-refractivity contribution < 1.29 is 17.6 Å². The first-order valence-corrected chi connectivity index (χ1v) is 4.23. The van der Waals surface area contributed by atoms with E-state index in [0.29, 0.717) is 4.47 Å². The Kier molecular flexibility index (Phi) is 3.17. The van der Waals surface area contributed by atoms with E-state index in [4.69, 9.17) is 0 Å². The molecule has 1 rings (SSSR count). The van der Waals surface area contributed by atoms with Crippen molar-refractivity contribution in [3.8, 4) is 11.8 Å². The number of benzene rings is 1. The smallest absolute Gasteiger partial charge is 0.206 e. The summed E-state index contributed by atoms with van der Waals surface area (Å²) in [4.78, 5) is 0. The van der Waals surface area contributed by atoms with Crippen LogP contribution in [0.25, 0.3) is 0 Å². The minimum absolute atomic E-state index is 0.273. The molecule has 0 atom stereocenters. The van der Waals surface area contributed by atoms with Crippen LogP contribution >= 0.6 is 15.9 Å². The monoisotopic (exact) mass is 266 g/mol. The maximum atomic E-state index is 12.9. The largest absolute Gasteiger partial charge is 0.458 e. The predicted molar refractivity (Wildman–Crippen MR) is 47.0 cm³/mol. The molecular formula is C9H3BrF4. The van der Waals surface area contributed by atoms with Gasteiger partial charge in [0.1, 0.15) is 5.82 Å². The van der Waals surface area contributed by atoms with Gasteiger partial charge in [0, 0.05) is 10.4 Å². The number of rotatable bonds is 0. The molecule has 0 unspecified atom stereocenters. The highest BCUT2D eigenvalue weighted by atomic mass is 79.9. The van der Waals surface area contributed by atoms with Gasteiger partial charge in [-0.25, -0.2) is 4.39 Å². The highest BCUT2D eigenvalue weighted by molar-refractivity contribution is 9.10. The zero-order chi connectivity index (χ0) is 10.8. The minimum Gasteiger partial charge on any atom is -0.206 e. The van der Waals surface area contributed by atoms with E-state index < -0.39 is 12.0 Å². The average molecular weight is 267 g/mol. The quantitative estimate of drug-likeness (QED) is 0.498. The number of hydrogen-bond acceptors (Lipinski definition) is 0. The Labute approximate surface area is 86.1 Å². The Morgan fingerprint density at radius 1 is 1.21 bits per heavy atom. The fraction of sp³-hybridized carbons (Fsp3) is 0.111. The summed E-state index contributed by atoms with van der Waals surface area (Å²) >= 11 is 2.98. The predicted octanol–water partition coefficient (Wildman–Crippen LogP) is 3.50. The molecule has 0 heterocycles. The second kappa shape index (κ2) is 4.01. The van der Waals surface area contributed by atoms with Crippen LogP contribution in [0.2, 0.25) is 0 Å². The third-order valence-electron chi connectivity index (χ3n) is 1.27. The summed E-state index contributed by atoms with van der Waals surface area (Å²) in [7, 11) is 0. The maximum Gasteiger partial charge on any atom is 0.458 e. The molecule has 0 spiro atoms. The summed E-state index contributed by atoms with van der Waals surface area (Å²) in [6, 6.07) is 3.65. The van der Waals surface area contributed by atoms with Crippen LogP contribution in [0.4, 0.5) is 17.6 Å². The Morgan fingerprint density at radius 3 is 2.36 bits per heavy atom. The summed E-state index contributed by atoms with van der Waals surface area (Å²) in [5.41, 5.74) is -0.273. The summed E-state index contributed by atoms with van der Waals surface area (Å²) < 4.78 is 48.3. The summed E-state index contributed by atoms with van der Waals surface area (Å²) in [5, 5.41) is 0. The standard InChI is InChI=1S/C9H3BrF4/c10-7-2-1-6(8(11)5-7)3-4-9(12,13)14/h1-2,5H. The van der Waals surface area contributed by atoms with E-state index in [1.807, 2.05) is 0 Å². The highest BCUT2D eigenvalue weighted by Gasteiger charge is 2.23. The first-order valence-electron chi connectivity index (χ1n) is 3.43. The van der Waals surface area contributed by atoms with Gasteiger partial charge in [0.05, 0.1) is 5.56 Å². The van der Waals surface area contributed by atoms with Gasteiger partial charge in [-0.3, -0.25) is 0 Å².